The van der Waals surface area contributed by atoms with Crippen molar-refractivity contribution in [1.29, 1.82) is 0 Å². The average Bonchev–Trinajstić information content (AvgIpc) is 1.56. The molecule has 3 aliphatic rings. The molecule has 2 fully saturated rings. The molecular weight excluding hydrogens is 1510 g/mol. The Morgan fingerprint density at radius 2 is 1.12 bits per heavy atom. The SMILES string of the molecule is CCC[C@@H]1CC(=O)[C@H](Cc2c[nH]c3ncccc23)NC(=O)[C@H]([C@@H](C)O)NC(=O)[C@@H]2CCCCNC(=O)CC[C@H](NC1=O)C(=O)N[C@@H](Cc1ccc(O)cc1)C(=O)N[C@@H](C1CCCCC1)C(=O)N[C@@H]([C@@H](C)O)C(=O)N[C@@H](C(N)=O)CSCc1cccc(c1)CSCCC(=O)N[C@@H](C(C)(C)C)C(=O)N[C@@H](Cc1ccc(O)cc1)C(=O)N2. The zero-order chi connectivity index (χ0) is 82.8. The Labute approximate surface area is 671 Å². The van der Waals surface area contributed by atoms with Gasteiger partial charge in [-0.3, -0.25) is 62.3 Å². The normalized spacial score (nSPS) is 25.5. The number of pyridine rings is 1. The van der Waals surface area contributed by atoms with E-state index in [2.05, 4.69) is 68.5 Å². The lowest BCUT2D eigenvalue weighted by Gasteiger charge is -2.33. The number of thioether (sulfide) groups is 2. The largest absolute Gasteiger partial charge is 0.508 e. The number of aromatic amines is 1. The molecule has 2 aliphatic heterocycles. The first-order valence-corrected chi connectivity index (χ1v) is 41.3. The third-order valence-electron chi connectivity index (χ3n) is 20.5. The molecule has 0 unspecified atom stereocenters. The zero-order valence-corrected chi connectivity index (χ0v) is 66.9. The summed E-state index contributed by atoms with van der Waals surface area (Å²) in [6.07, 6.45) is 1.13. The molecule has 0 radical (unpaired) electrons. The molecule has 3 aromatic carbocycles. The summed E-state index contributed by atoms with van der Waals surface area (Å²) in [5.74, 6) is -11.8. The number of H-pyrrole nitrogens is 1. The molecule has 18 N–H and O–H groups in total. The Hall–Kier alpha value is -10.1. The highest BCUT2D eigenvalue weighted by Crippen LogP contribution is 2.29. The molecule has 33 heteroatoms. The molecule has 12 amide bonds. The number of hydrogen-bond donors (Lipinski definition) is 17. The second-order valence-corrected chi connectivity index (χ2v) is 32.9. The predicted octanol–water partition coefficient (Wildman–Crippen LogP) is 2.75. The van der Waals surface area contributed by atoms with Crippen molar-refractivity contribution in [3.8, 4) is 11.5 Å². The number of benzene rings is 3. The predicted molar refractivity (Wildman–Crippen MR) is 429 cm³/mol. The summed E-state index contributed by atoms with van der Waals surface area (Å²) in [6.45, 7) is 9.36. The number of nitrogens with one attached hydrogen (secondary N) is 12. The second kappa shape index (κ2) is 43.4. The van der Waals surface area contributed by atoms with E-state index >= 15 is 24.0 Å². The minimum atomic E-state index is -1.81. The van der Waals surface area contributed by atoms with Crippen LogP contribution in [-0.2, 0) is 93.1 Å². The van der Waals surface area contributed by atoms with E-state index < -0.39 is 186 Å². The lowest BCUT2D eigenvalue weighted by atomic mass is 9.83. The maximum Gasteiger partial charge on any atom is 0.245 e. The van der Waals surface area contributed by atoms with Gasteiger partial charge in [-0.2, -0.15) is 23.5 Å². The fourth-order valence-corrected chi connectivity index (χ4v) is 16.0. The first kappa shape index (κ1) is 89.4. The number of fused-ring (bicyclic) bond motifs is 12. The first-order chi connectivity index (χ1) is 54.3. The topological polar surface area (TPSA) is 490 Å². The summed E-state index contributed by atoms with van der Waals surface area (Å²) >= 11 is 2.72. The van der Waals surface area contributed by atoms with Crippen LogP contribution in [0.15, 0.2) is 97.3 Å². The van der Waals surface area contributed by atoms with Gasteiger partial charge < -0.3 is 89.6 Å². The first-order valence-electron chi connectivity index (χ1n) is 39.0. The van der Waals surface area contributed by atoms with Crippen LogP contribution in [0.5, 0.6) is 11.5 Å². The lowest BCUT2D eigenvalue weighted by molar-refractivity contribution is -0.138. The van der Waals surface area contributed by atoms with Crippen molar-refractivity contribution < 1.29 is 82.8 Å². The van der Waals surface area contributed by atoms with Crippen LogP contribution in [0.3, 0.4) is 0 Å². The van der Waals surface area contributed by atoms with Crippen molar-refractivity contribution in [3.63, 3.8) is 0 Å². The number of Topliss-reactive ketones (excluding diaryl/α,β-unsaturated/α-hetero) is 1. The van der Waals surface area contributed by atoms with Crippen molar-refractivity contribution >= 4 is 111 Å². The number of rotatable bonds is 12. The molecule has 114 heavy (non-hydrogen) atoms. The number of phenols is 2. The van der Waals surface area contributed by atoms with E-state index in [-0.39, 0.29) is 75.2 Å². The Morgan fingerprint density at radius 3 is 1.74 bits per heavy atom. The Morgan fingerprint density at radius 1 is 0.561 bits per heavy atom. The minimum Gasteiger partial charge on any atom is -0.508 e. The van der Waals surface area contributed by atoms with Gasteiger partial charge >= 0.3 is 0 Å². The number of nitrogens with two attached hydrogens (primary N) is 1. The van der Waals surface area contributed by atoms with Gasteiger partial charge in [-0.1, -0.05) is 102 Å². The number of amides is 12. The van der Waals surface area contributed by atoms with Crippen molar-refractivity contribution in [2.24, 2.45) is 23.0 Å². The van der Waals surface area contributed by atoms with Gasteiger partial charge in [0.1, 0.15) is 71.5 Å². The number of primary amides is 1. The molecule has 5 aromatic rings. The summed E-state index contributed by atoms with van der Waals surface area (Å²) in [5.41, 5.74) is 8.46. The van der Waals surface area contributed by atoms with Gasteiger partial charge in [0.25, 0.3) is 0 Å². The third kappa shape index (κ3) is 27.3. The second-order valence-electron chi connectivity index (χ2n) is 30.8. The monoisotopic (exact) mass is 1610 g/mol. The number of carbonyl (C=O) groups is 13. The third-order valence-corrected chi connectivity index (χ3v) is 22.7. The fourth-order valence-electron chi connectivity index (χ4n) is 14.1. The molecule has 2 aromatic heterocycles. The summed E-state index contributed by atoms with van der Waals surface area (Å²) in [4.78, 5) is 198. The molecule has 0 spiro atoms. The molecule has 1 saturated carbocycles. The molecule has 618 valence electrons. The smallest absolute Gasteiger partial charge is 0.245 e. The number of ketones is 1. The van der Waals surface area contributed by atoms with Crippen molar-refractivity contribution in [3.05, 3.63) is 125 Å². The Kier molecular flexibility index (Phi) is 34.0. The highest BCUT2D eigenvalue weighted by molar-refractivity contribution is 7.98. The van der Waals surface area contributed by atoms with Gasteiger partial charge in [-0.25, -0.2) is 4.98 Å². The average molecular weight is 1620 g/mol. The van der Waals surface area contributed by atoms with Crippen molar-refractivity contribution in [1.82, 2.24) is 68.5 Å². The van der Waals surface area contributed by atoms with Crippen molar-refractivity contribution in [2.75, 3.05) is 18.1 Å². The van der Waals surface area contributed by atoms with Crippen molar-refractivity contribution in [2.45, 2.75) is 235 Å². The summed E-state index contributed by atoms with van der Waals surface area (Å²) in [6, 6.07) is 7.37. The van der Waals surface area contributed by atoms with E-state index in [9.17, 15) is 58.8 Å². The van der Waals surface area contributed by atoms with E-state index in [0.717, 1.165) is 17.5 Å². The maximum absolute atomic E-state index is 15.3. The Bertz CT molecular complexity index is 4170. The molecule has 13 atom stereocenters. The van der Waals surface area contributed by atoms with E-state index in [0.29, 0.717) is 77.1 Å². The quantitative estimate of drug-likeness (QED) is 0.0854. The van der Waals surface area contributed by atoms with Crippen LogP contribution in [0.4, 0.5) is 0 Å². The van der Waals surface area contributed by atoms with Crippen LogP contribution >= 0.6 is 23.5 Å². The van der Waals surface area contributed by atoms with Gasteiger partial charge in [0.05, 0.1) is 18.2 Å². The number of phenolic OH excluding ortho intramolecular Hbond substituents is 2. The van der Waals surface area contributed by atoms with Crippen LogP contribution in [0.1, 0.15) is 159 Å². The number of hydrogen-bond acceptors (Lipinski definition) is 20. The number of aliphatic hydroxyl groups excluding tert-OH is 2. The molecular formula is C81H110N14O17S2. The lowest BCUT2D eigenvalue weighted by Crippen LogP contribution is -2.62. The number of aromatic hydroxyl groups is 2. The van der Waals surface area contributed by atoms with Gasteiger partial charge in [-0.05, 0) is 134 Å². The standard InChI is InChI=1S/C81H110N14O17S2/c1-7-15-52-40-63(100)59(39-53-41-85-71-56(53)20-14-34-84-71)88-77(109)66(45(2)96)93-74(106)57-21-11-12-33-83-64(101)31-30-58(86-72(52)104)73(105)89-61(38-48-24-28-55(99)29-25-48)76(108)95-68(51-18-9-8-10-19-51)79(111)94-67(46(3)97)78(110)91-62(70(82)103)44-114-43-50-17-13-16-49(36-50)42-113-35-32-65(102)92-69(81(4,5)6)80(112)90-60(75(107)87-57)37-47-22-26-54(98)27-23-47/h13-14,16-17,20,22-29,34,36,41,45-46,51-52,57-62,66-69,96-99H,7-12,15,18-19,21,30-33,35,37-40,42-44H2,1-6H3,(H2,82,103)(H,83,101)(H,84,85)(H,86,104)(H,87,107)(H,88,109)(H,89,105)(H,90,112)(H,91,110)(H,92,102)(H,93,106)(H,94,111)(H,95,108)/t45-,46-,52-,57+,58+,59+,60+,61+,62-,66+,67+,68+,69-/m1/s1. The molecule has 8 rings (SSSR count). The molecule has 1 saturated heterocycles. The van der Waals surface area contributed by atoms with E-state index in [4.69, 9.17) is 5.73 Å². The van der Waals surface area contributed by atoms with Crippen LogP contribution in [0.2, 0.25) is 0 Å². The van der Waals surface area contributed by atoms with Gasteiger partial charge in [0.2, 0.25) is 70.9 Å². The van der Waals surface area contributed by atoms with Gasteiger partial charge in [-0.15, -0.1) is 0 Å². The van der Waals surface area contributed by atoms with Crippen LogP contribution < -0.4 is 64.2 Å². The molecule has 1 aliphatic carbocycles. The number of carbonyl (C=O) groups excluding carboxylic acids is 13. The number of nitrogens with zero attached hydrogens (tertiary/aromatic N) is 1. The molecule has 4 heterocycles. The van der Waals surface area contributed by atoms with E-state index in [1.165, 1.54) is 85.9 Å². The van der Waals surface area contributed by atoms with E-state index in [1.807, 2.05) is 24.3 Å². The van der Waals surface area contributed by atoms with Gasteiger partial charge in [0.15, 0.2) is 5.78 Å². The molecule has 31 nitrogen and oxygen atoms in total. The maximum atomic E-state index is 15.3. The minimum absolute atomic E-state index is 0.0275. The van der Waals surface area contributed by atoms with Crippen LogP contribution in [0, 0.1) is 17.3 Å². The Balaban J connectivity index is 1.19. The zero-order valence-electron chi connectivity index (χ0n) is 65.3. The highest BCUT2D eigenvalue weighted by atomic mass is 32.2. The fraction of sp³-hybridized carbons (Fsp3) is 0.531. The summed E-state index contributed by atoms with van der Waals surface area (Å²) < 4.78 is 0. The summed E-state index contributed by atoms with van der Waals surface area (Å²) in [5, 5.41) is 73.9. The molecule has 4 bridgehead atoms. The summed E-state index contributed by atoms with van der Waals surface area (Å²) in [7, 11) is 0. The van der Waals surface area contributed by atoms with E-state index in [1.54, 1.807) is 52.2 Å². The number of aliphatic hydroxyl groups is 2. The van der Waals surface area contributed by atoms with Crippen LogP contribution in [-0.4, -0.2) is 198 Å². The van der Waals surface area contributed by atoms with Crippen LogP contribution in [0.25, 0.3) is 11.0 Å². The highest BCUT2D eigenvalue weighted by Gasteiger charge is 2.41. The number of aromatic nitrogens is 2. The van der Waals surface area contributed by atoms with Gasteiger partial charge in [0, 0.05) is 91.8 Å².